The third-order valence-electron chi connectivity index (χ3n) is 8.33. The van der Waals surface area contributed by atoms with Crippen molar-refractivity contribution in [2.75, 3.05) is 0 Å². The second-order valence-corrected chi connectivity index (χ2v) is 9.73. The Hall–Kier alpha value is -1.75. The van der Waals surface area contributed by atoms with Crippen LogP contribution in [-0.4, -0.2) is 28.7 Å². The number of carboxylic acids is 1. The van der Waals surface area contributed by atoms with E-state index in [1.165, 1.54) is 5.57 Å². The van der Waals surface area contributed by atoms with Crippen molar-refractivity contribution in [1.82, 2.24) is 0 Å². The van der Waals surface area contributed by atoms with E-state index >= 15 is 0 Å². The Balaban J connectivity index is 1.62. The van der Waals surface area contributed by atoms with Gasteiger partial charge >= 0.3 is 0 Å². The fourth-order valence-corrected chi connectivity index (χ4v) is 7.04. The van der Waals surface area contributed by atoms with Crippen molar-refractivity contribution >= 4 is 17.5 Å². The maximum absolute atomic E-state index is 12.7. The summed E-state index contributed by atoms with van der Waals surface area (Å²) in [6.07, 6.45) is 7.50. The lowest BCUT2D eigenvalue weighted by molar-refractivity contribution is -0.305. The van der Waals surface area contributed by atoms with E-state index in [1.807, 2.05) is 12.2 Å². The van der Waals surface area contributed by atoms with Gasteiger partial charge in [0, 0.05) is 24.2 Å². The molecule has 0 aliphatic heterocycles. The Morgan fingerprint density at radius 1 is 1.21 bits per heavy atom. The van der Waals surface area contributed by atoms with Crippen molar-refractivity contribution in [1.29, 1.82) is 0 Å². The molecule has 4 aliphatic rings. The molecule has 0 unspecified atom stereocenters. The van der Waals surface area contributed by atoms with Crippen LogP contribution in [0.1, 0.15) is 65.2 Å². The Bertz CT molecular complexity index is 793. The lowest BCUT2D eigenvalue weighted by atomic mass is 9.46. The molecule has 0 spiro atoms. The van der Waals surface area contributed by atoms with Crippen LogP contribution >= 0.6 is 0 Å². The van der Waals surface area contributed by atoms with E-state index < -0.39 is 17.5 Å². The monoisotopic (exact) mass is 385 g/mol. The number of carbonyl (C=O) groups is 3. The topological polar surface area (TPSA) is 94.5 Å². The van der Waals surface area contributed by atoms with Gasteiger partial charge in [0.2, 0.25) is 0 Å². The molecule has 0 heterocycles. The van der Waals surface area contributed by atoms with E-state index in [0.29, 0.717) is 30.3 Å². The number of fused-ring (bicyclic) bond motifs is 5. The summed E-state index contributed by atoms with van der Waals surface area (Å²) in [4.78, 5) is 35.4. The summed E-state index contributed by atoms with van der Waals surface area (Å²) in [7, 11) is 0. The highest BCUT2D eigenvalue weighted by molar-refractivity contribution is 5.98. The highest BCUT2D eigenvalue weighted by atomic mass is 16.4. The molecule has 6 atom stereocenters. The standard InChI is InChI=1S/C23H30O5/c1-22-10-9-14(24)11-13(22)3-4-15-16-5-6-17(18(25)7-8-20(27)28)23(16,2)12-19(26)21(15)22/h6,11,15-16,19,21,26H,3-5,7-10,12H2,1-2H3,(H,27,28)/p-1/t15-,16-,19-,21+,22-,23-/m0/s1. The third kappa shape index (κ3) is 2.81. The number of allylic oxidation sites excluding steroid dienone is 4. The first-order valence-corrected chi connectivity index (χ1v) is 10.5. The quantitative estimate of drug-likeness (QED) is 0.800. The molecule has 0 aromatic rings. The lowest BCUT2D eigenvalue weighted by Gasteiger charge is -2.59. The number of ketones is 2. The van der Waals surface area contributed by atoms with Crippen molar-refractivity contribution in [3.8, 4) is 0 Å². The Morgan fingerprint density at radius 3 is 2.68 bits per heavy atom. The third-order valence-corrected chi connectivity index (χ3v) is 8.33. The maximum atomic E-state index is 12.7. The smallest absolute Gasteiger partial charge is 0.159 e. The summed E-state index contributed by atoms with van der Waals surface area (Å²) in [6.45, 7) is 4.28. The van der Waals surface area contributed by atoms with Gasteiger partial charge in [-0.25, -0.2) is 0 Å². The first-order valence-electron chi connectivity index (χ1n) is 10.5. The van der Waals surface area contributed by atoms with Gasteiger partial charge in [0.1, 0.15) is 0 Å². The van der Waals surface area contributed by atoms with Gasteiger partial charge in [0.25, 0.3) is 0 Å². The normalized spacial score (nSPS) is 42.0. The molecule has 0 bridgehead atoms. The molecule has 5 nitrogen and oxygen atoms in total. The summed E-state index contributed by atoms with van der Waals surface area (Å²) in [5.41, 5.74) is 1.37. The van der Waals surface area contributed by atoms with Crippen LogP contribution in [0.15, 0.2) is 23.3 Å². The minimum absolute atomic E-state index is 0.0343. The fraction of sp³-hybridized carbons (Fsp3) is 0.696. The SMILES string of the molecule is C[C@]12CCC(=O)C=C1CC[C@@H]1[C@@H]2[C@@H](O)C[C@]2(C)C(C(=O)CCC(=O)[O-])=CC[C@@H]12. The summed E-state index contributed by atoms with van der Waals surface area (Å²) < 4.78 is 0. The average Bonchev–Trinajstić information content (AvgIpc) is 2.96. The van der Waals surface area contributed by atoms with Crippen molar-refractivity contribution in [2.24, 2.45) is 28.6 Å². The number of hydrogen-bond acceptors (Lipinski definition) is 5. The minimum Gasteiger partial charge on any atom is -0.550 e. The predicted octanol–water partition coefficient (Wildman–Crippen LogP) is 2.12. The molecular formula is C23H29O5-. The van der Waals surface area contributed by atoms with Gasteiger partial charge in [0.05, 0.1) is 6.10 Å². The highest BCUT2D eigenvalue weighted by Gasteiger charge is 2.60. The highest BCUT2D eigenvalue weighted by Crippen LogP contribution is 2.65. The molecule has 28 heavy (non-hydrogen) atoms. The van der Waals surface area contributed by atoms with Crippen molar-refractivity contribution < 1.29 is 24.6 Å². The number of aliphatic carboxylic acids is 1. The van der Waals surface area contributed by atoms with Crippen LogP contribution in [-0.2, 0) is 14.4 Å². The molecular weight excluding hydrogens is 356 g/mol. The van der Waals surface area contributed by atoms with Gasteiger partial charge in [-0.1, -0.05) is 25.5 Å². The molecule has 2 fully saturated rings. The van der Waals surface area contributed by atoms with Crippen LogP contribution in [0.5, 0.6) is 0 Å². The number of aliphatic hydroxyl groups is 1. The van der Waals surface area contributed by atoms with E-state index in [1.54, 1.807) is 0 Å². The molecule has 4 aliphatic carbocycles. The lowest BCUT2D eigenvalue weighted by Crippen LogP contribution is -2.56. The Labute approximate surface area is 165 Å². The average molecular weight is 385 g/mol. The van der Waals surface area contributed by atoms with Gasteiger partial charge < -0.3 is 15.0 Å². The maximum Gasteiger partial charge on any atom is 0.159 e. The second-order valence-electron chi connectivity index (χ2n) is 9.73. The first kappa shape index (κ1) is 19.6. The molecule has 0 radical (unpaired) electrons. The molecule has 0 amide bonds. The van der Waals surface area contributed by atoms with Crippen molar-refractivity contribution in [2.45, 2.75) is 71.3 Å². The van der Waals surface area contributed by atoms with Gasteiger partial charge in [-0.3, -0.25) is 9.59 Å². The molecule has 0 saturated heterocycles. The number of rotatable bonds is 4. The number of carbonyl (C=O) groups excluding carboxylic acids is 3. The van der Waals surface area contributed by atoms with Gasteiger partial charge in [0.15, 0.2) is 11.6 Å². The van der Waals surface area contributed by atoms with E-state index in [9.17, 15) is 24.6 Å². The van der Waals surface area contributed by atoms with Crippen LogP contribution in [0, 0.1) is 28.6 Å². The van der Waals surface area contributed by atoms with Crippen molar-refractivity contribution in [3.63, 3.8) is 0 Å². The molecule has 152 valence electrons. The van der Waals surface area contributed by atoms with E-state index in [-0.39, 0.29) is 35.7 Å². The van der Waals surface area contributed by atoms with Gasteiger partial charge in [-0.2, -0.15) is 0 Å². The van der Waals surface area contributed by atoms with Gasteiger partial charge in [-0.05, 0) is 73.3 Å². The van der Waals surface area contributed by atoms with Gasteiger partial charge in [-0.15, -0.1) is 0 Å². The molecule has 0 aromatic heterocycles. The largest absolute Gasteiger partial charge is 0.550 e. The zero-order chi connectivity index (χ0) is 20.3. The van der Waals surface area contributed by atoms with E-state index in [2.05, 4.69) is 13.8 Å². The number of Topliss-reactive ketones (excluding diaryl/α,β-unsaturated/α-hetero) is 1. The molecule has 0 aromatic carbocycles. The summed E-state index contributed by atoms with van der Waals surface area (Å²) in [6, 6.07) is 0. The minimum atomic E-state index is -1.20. The molecule has 4 rings (SSSR count). The zero-order valence-electron chi connectivity index (χ0n) is 16.7. The van der Waals surface area contributed by atoms with Crippen LogP contribution in [0.4, 0.5) is 0 Å². The molecule has 5 heteroatoms. The van der Waals surface area contributed by atoms with E-state index in [4.69, 9.17) is 0 Å². The van der Waals surface area contributed by atoms with Crippen LogP contribution in [0.2, 0.25) is 0 Å². The summed E-state index contributed by atoms with van der Waals surface area (Å²) in [5.74, 6) is -0.408. The molecule has 2 saturated carbocycles. The second kappa shape index (κ2) is 6.65. The molecule has 1 N–H and O–H groups in total. The zero-order valence-corrected chi connectivity index (χ0v) is 16.7. The van der Waals surface area contributed by atoms with Crippen molar-refractivity contribution in [3.05, 3.63) is 23.3 Å². The summed E-state index contributed by atoms with van der Waals surface area (Å²) in [5, 5.41) is 22.0. The number of aliphatic hydroxyl groups excluding tert-OH is 1. The number of carboxylic acid groups (broad SMARTS) is 1. The Morgan fingerprint density at radius 2 is 1.96 bits per heavy atom. The summed E-state index contributed by atoms with van der Waals surface area (Å²) >= 11 is 0. The first-order chi connectivity index (χ1) is 13.2. The van der Waals surface area contributed by atoms with E-state index in [0.717, 1.165) is 25.7 Å². The number of hydrogen-bond donors (Lipinski definition) is 1. The predicted molar refractivity (Wildman–Crippen MR) is 101 cm³/mol. The van der Waals surface area contributed by atoms with Crippen LogP contribution in [0.3, 0.4) is 0 Å². The Kier molecular flexibility index (Phi) is 4.65. The van der Waals surface area contributed by atoms with Crippen LogP contribution in [0.25, 0.3) is 0 Å². The van der Waals surface area contributed by atoms with Crippen LogP contribution < -0.4 is 5.11 Å². The fourth-order valence-electron chi connectivity index (χ4n) is 7.04.